The molecular weight excluding hydrogens is 494 g/mol. The topological polar surface area (TPSA) is 56.7 Å². The van der Waals surface area contributed by atoms with Gasteiger partial charge in [0.25, 0.3) is 0 Å². The van der Waals surface area contributed by atoms with Crippen molar-refractivity contribution in [1.82, 2.24) is 15.5 Å². The number of rotatable bonds is 5. The minimum Gasteiger partial charge on any atom is -0.356 e. The van der Waals surface area contributed by atoms with Crippen molar-refractivity contribution in [2.45, 2.75) is 62.8 Å². The summed E-state index contributed by atoms with van der Waals surface area (Å²) < 4.78 is 13.3. The zero-order chi connectivity index (χ0) is 20.3. The maximum absolute atomic E-state index is 13.3. The molecule has 3 aliphatic rings. The van der Waals surface area contributed by atoms with Crippen LogP contribution in [0.1, 0.15) is 56.9 Å². The summed E-state index contributed by atoms with van der Waals surface area (Å²) in [5.74, 6) is 1.20. The minimum atomic E-state index is -0.188. The summed E-state index contributed by atoms with van der Waals surface area (Å²) in [4.78, 5) is 19.1. The molecular formula is C23H34FIN4O. The van der Waals surface area contributed by atoms with E-state index in [1.54, 1.807) is 19.2 Å². The van der Waals surface area contributed by atoms with E-state index in [9.17, 15) is 9.18 Å². The van der Waals surface area contributed by atoms with Crippen molar-refractivity contribution in [3.8, 4) is 0 Å². The molecule has 2 aliphatic carbocycles. The third-order valence-corrected chi connectivity index (χ3v) is 7.13. The van der Waals surface area contributed by atoms with E-state index in [4.69, 9.17) is 0 Å². The predicted molar refractivity (Wildman–Crippen MR) is 129 cm³/mol. The molecule has 0 bridgehead atoms. The lowest BCUT2D eigenvalue weighted by molar-refractivity contribution is -0.134. The molecule has 30 heavy (non-hydrogen) atoms. The molecule has 0 spiro atoms. The van der Waals surface area contributed by atoms with Crippen LogP contribution in [0.15, 0.2) is 29.3 Å². The molecule has 1 amide bonds. The molecule has 1 unspecified atom stereocenters. The number of benzene rings is 1. The number of likely N-dealkylation sites (tertiary alicyclic amines) is 1. The summed E-state index contributed by atoms with van der Waals surface area (Å²) in [5, 5.41) is 7.00. The van der Waals surface area contributed by atoms with Gasteiger partial charge < -0.3 is 15.5 Å². The lowest BCUT2D eigenvalue weighted by Gasteiger charge is -2.43. The van der Waals surface area contributed by atoms with Gasteiger partial charge in [-0.1, -0.05) is 31.4 Å². The second-order valence-electron chi connectivity index (χ2n) is 8.96. The first-order chi connectivity index (χ1) is 14.1. The smallest absolute Gasteiger partial charge is 0.225 e. The van der Waals surface area contributed by atoms with Crippen LogP contribution < -0.4 is 10.6 Å². The van der Waals surface area contributed by atoms with Crippen molar-refractivity contribution in [3.05, 3.63) is 35.6 Å². The summed E-state index contributed by atoms with van der Waals surface area (Å²) in [6, 6.07) is 7.18. The quantitative estimate of drug-likeness (QED) is 0.347. The van der Waals surface area contributed by atoms with E-state index < -0.39 is 0 Å². The molecule has 2 N–H and O–H groups in total. The first kappa shape index (κ1) is 23.3. The van der Waals surface area contributed by atoms with E-state index in [-0.39, 0.29) is 47.2 Å². The number of nitrogens with one attached hydrogen (secondary N) is 2. The molecule has 0 aromatic heterocycles. The maximum Gasteiger partial charge on any atom is 0.225 e. The number of carbonyl (C=O) groups excluding carboxylic acids is 1. The molecule has 1 aromatic carbocycles. The van der Waals surface area contributed by atoms with Crippen LogP contribution >= 0.6 is 24.0 Å². The summed E-state index contributed by atoms with van der Waals surface area (Å²) in [6.45, 7) is 2.39. The molecule has 166 valence electrons. The Morgan fingerprint density at radius 2 is 1.87 bits per heavy atom. The number of hydrogen-bond acceptors (Lipinski definition) is 2. The van der Waals surface area contributed by atoms with Crippen molar-refractivity contribution in [2.24, 2.45) is 10.9 Å². The number of nitrogens with zero attached hydrogens (tertiary/aromatic N) is 2. The first-order valence-corrected chi connectivity index (χ1v) is 11.1. The third kappa shape index (κ3) is 5.08. The minimum absolute atomic E-state index is 0. The van der Waals surface area contributed by atoms with Gasteiger partial charge in [-0.3, -0.25) is 9.79 Å². The van der Waals surface area contributed by atoms with E-state index in [0.29, 0.717) is 5.91 Å². The van der Waals surface area contributed by atoms with E-state index >= 15 is 0 Å². The molecule has 1 saturated heterocycles. The van der Waals surface area contributed by atoms with Gasteiger partial charge in [-0.15, -0.1) is 24.0 Å². The van der Waals surface area contributed by atoms with Gasteiger partial charge in [0.15, 0.2) is 5.96 Å². The van der Waals surface area contributed by atoms with E-state index in [2.05, 4.69) is 15.6 Å². The number of hydrogen-bond donors (Lipinski definition) is 2. The molecule has 1 atom stereocenters. The molecule has 2 saturated carbocycles. The highest BCUT2D eigenvalue weighted by Crippen LogP contribution is 2.43. The average molecular weight is 528 g/mol. The van der Waals surface area contributed by atoms with Crippen LogP contribution in [0.4, 0.5) is 4.39 Å². The van der Waals surface area contributed by atoms with Gasteiger partial charge in [0, 0.05) is 44.1 Å². The number of amides is 1. The van der Waals surface area contributed by atoms with Gasteiger partial charge in [-0.2, -0.15) is 0 Å². The second-order valence-corrected chi connectivity index (χ2v) is 8.96. The fourth-order valence-corrected chi connectivity index (χ4v) is 5.12. The highest BCUT2D eigenvalue weighted by Gasteiger charge is 2.39. The summed E-state index contributed by atoms with van der Waals surface area (Å²) in [6.07, 6.45) is 8.88. The monoisotopic (exact) mass is 528 g/mol. The zero-order valence-electron chi connectivity index (χ0n) is 17.8. The van der Waals surface area contributed by atoms with Crippen LogP contribution in [0.5, 0.6) is 0 Å². The molecule has 5 nitrogen and oxygen atoms in total. The summed E-state index contributed by atoms with van der Waals surface area (Å²) in [7, 11) is 1.79. The average Bonchev–Trinajstić information content (AvgIpc) is 3.39. The molecule has 0 radical (unpaired) electrons. The predicted octanol–water partition coefficient (Wildman–Crippen LogP) is 3.82. The molecule has 3 fully saturated rings. The van der Waals surface area contributed by atoms with Gasteiger partial charge in [-0.25, -0.2) is 4.39 Å². The normalized spacial score (nSPS) is 23.6. The number of halogens is 2. The van der Waals surface area contributed by atoms with Crippen LogP contribution in [0, 0.1) is 11.7 Å². The number of aliphatic imine (C=N–C) groups is 1. The Kier molecular flexibility index (Phi) is 7.98. The highest BCUT2D eigenvalue weighted by molar-refractivity contribution is 14.0. The Bertz CT molecular complexity index is 744. The van der Waals surface area contributed by atoms with Gasteiger partial charge in [-0.05, 0) is 49.8 Å². The number of carbonyl (C=O) groups is 1. The first-order valence-electron chi connectivity index (χ1n) is 11.1. The summed E-state index contributed by atoms with van der Waals surface area (Å²) in [5.41, 5.74) is 1.26. The van der Waals surface area contributed by atoms with Crippen LogP contribution in [-0.2, 0) is 10.2 Å². The summed E-state index contributed by atoms with van der Waals surface area (Å²) >= 11 is 0. The molecule has 1 aliphatic heterocycles. The van der Waals surface area contributed by atoms with Gasteiger partial charge >= 0.3 is 0 Å². The van der Waals surface area contributed by atoms with Gasteiger partial charge in [0.05, 0.1) is 0 Å². The maximum atomic E-state index is 13.3. The van der Waals surface area contributed by atoms with E-state index in [1.165, 1.54) is 24.8 Å². The van der Waals surface area contributed by atoms with Gasteiger partial charge in [0.2, 0.25) is 5.91 Å². The van der Waals surface area contributed by atoms with E-state index in [1.807, 2.05) is 17.0 Å². The SMILES string of the molecule is CN=C(NCC1(c2ccc(F)cc2)CCC1)NC1CCN(C(=O)C2CCCC2)C1.I. The third-order valence-electron chi connectivity index (χ3n) is 7.13. The fourth-order valence-electron chi connectivity index (χ4n) is 5.12. The lowest BCUT2D eigenvalue weighted by atomic mass is 9.64. The molecule has 1 aromatic rings. The van der Waals surface area contributed by atoms with Gasteiger partial charge in [0.1, 0.15) is 5.82 Å². The molecule has 4 rings (SSSR count). The standard InChI is InChI=1S/C23H33FN4O.HI/c1-25-22(26-16-23(12-4-13-23)18-7-9-19(24)10-8-18)27-20-11-14-28(15-20)21(29)17-5-2-3-6-17;/h7-10,17,20H,2-6,11-16H2,1H3,(H2,25,26,27);1H. The lowest BCUT2D eigenvalue weighted by Crippen LogP contribution is -2.51. The van der Waals surface area contributed by atoms with E-state index in [0.717, 1.165) is 57.7 Å². The highest BCUT2D eigenvalue weighted by atomic mass is 127. The van der Waals surface area contributed by atoms with Crippen LogP contribution in [0.3, 0.4) is 0 Å². The zero-order valence-corrected chi connectivity index (χ0v) is 20.2. The Balaban J connectivity index is 0.00000256. The molecule has 1 heterocycles. The van der Waals surface area contributed by atoms with Crippen LogP contribution in [0.25, 0.3) is 0 Å². The van der Waals surface area contributed by atoms with Crippen molar-refractivity contribution in [3.63, 3.8) is 0 Å². The van der Waals surface area contributed by atoms with Crippen molar-refractivity contribution >= 4 is 35.8 Å². The number of guanidine groups is 1. The Hall–Kier alpha value is -1.38. The van der Waals surface area contributed by atoms with Crippen LogP contribution in [0.2, 0.25) is 0 Å². The Morgan fingerprint density at radius 1 is 1.17 bits per heavy atom. The Labute approximate surface area is 196 Å². The fraction of sp³-hybridized carbons (Fsp3) is 0.652. The molecule has 7 heteroatoms. The second kappa shape index (κ2) is 10.3. The van der Waals surface area contributed by atoms with Crippen LogP contribution in [-0.4, -0.2) is 49.5 Å². The van der Waals surface area contributed by atoms with Crippen molar-refractivity contribution in [2.75, 3.05) is 26.7 Å². The van der Waals surface area contributed by atoms with Crippen molar-refractivity contribution in [1.29, 1.82) is 0 Å². The largest absolute Gasteiger partial charge is 0.356 e. The van der Waals surface area contributed by atoms with Crippen molar-refractivity contribution < 1.29 is 9.18 Å². The Morgan fingerprint density at radius 3 is 2.47 bits per heavy atom.